The zero-order valence-corrected chi connectivity index (χ0v) is 19.4. The summed E-state index contributed by atoms with van der Waals surface area (Å²) in [6, 6.07) is 15.4. The number of aromatic nitrogens is 2. The van der Waals surface area contributed by atoms with Crippen molar-refractivity contribution in [1.29, 1.82) is 0 Å². The van der Waals surface area contributed by atoms with Gasteiger partial charge in [-0.25, -0.2) is 0 Å². The van der Waals surface area contributed by atoms with Gasteiger partial charge in [0.1, 0.15) is 5.75 Å². The van der Waals surface area contributed by atoms with Crippen molar-refractivity contribution in [1.82, 2.24) is 15.5 Å². The molecule has 1 fully saturated rings. The molecule has 8 heteroatoms. The third-order valence-electron chi connectivity index (χ3n) is 6.12. The number of ether oxygens (including phenoxy) is 2. The second kappa shape index (κ2) is 10.8. The van der Waals surface area contributed by atoms with E-state index in [1.54, 1.807) is 7.11 Å². The van der Waals surface area contributed by atoms with E-state index in [0.717, 1.165) is 29.7 Å². The summed E-state index contributed by atoms with van der Waals surface area (Å²) in [5.41, 5.74) is 1.85. The molecule has 2 heterocycles. The minimum Gasteiger partial charge on any atom is -0.497 e. The van der Waals surface area contributed by atoms with Crippen LogP contribution in [0.3, 0.4) is 0 Å². The molecule has 0 aliphatic carbocycles. The van der Waals surface area contributed by atoms with Gasteiger partial charge in [-0.2, -0.15) is 4.98 Å². The monoisotopic (exact) mass is 469 g/mol. The number of aryl methyl sites for hydroxylation is 1. The highest BCUT2D eigenvalue weighted by Crippen LogP contribution is 2.35. The van der Waals surface area contributed by atoms with E-state index in [2.05, 4.69) is 21.5 Å². The number of methoxy groups -OCH3 is 1. The van der Waals surface area contributed by atoms with Gasteiger partial charge in [0, 0.05) is 48.6 Å². The van der Waals surface area contributed by atoms with Gasteiger partial charge in [0.05, 0.1) is 7.11 Å². The molecule has 3 aromatic rings. The highest BCUT2D eigenvalue weighted by atomic mass is 35.5. The SMILES string of the molecule is COc1ccc(-c2noc(CCCC(=O)NCC3(c4cccc(Cl)c4)CCOCC3)n2)cc1. The summed E-state index contributed by atoms with van der Waals surface area (Å²) in [6.45, 7) is 1.92. The second-order valence-corrected chi connectivity index (χ2v) is 8.71. The summed E-state index contributed by atoms with van der Waals surface area (Å²) >= 11 is 6.23. The molecule has 4 rings (SSSR count). The molecule has 1 aromatic heterocycles. The fourth-order valence-electron chi connectivity index (χ4n) is 4.12. The molecular weight excluding hydrogens is 442 g/mol. The molecule has 0 radical (unpaired) electrons. The third kappa shape index (κ3) is 5.92. The number of amides is 1. The Kier molecular flexibility index (Phi) is 7.62. The van der Waals surface area contributed by atoms with Gasteiger partial charge in [-0.15, -0.1) is 0 Å². The van der Waals surface area contributed by atoms with Crippen LogP contribution in [0.5, 0.6) is 5.75 Å². The zero-order chi connectivity index (χ0) is 23.1. The molecule has 0 unspecified atom stereocenters. The van der Waals surface area contributed by atoms with Crippen molar-refractivity contribution < 1.29 is 18.8 Å². The van der Waals surface area contributed by atoms with Gasteiger partial charge in [0.25, 0.3) is 0 Å². The molecule has 0 spiro atoms. The van der Waals surface area contributed by atoms with Gasteiger partial charge in [0.2, 0.25) is 17.6 Å². The van der Waals surface area contributed by atoms with Crippen LogP contribution in [0, 0.1) is 0 Å². The van der Waals surface area contributed by atoms with Crippen molar-refractivity contribution in [3.8, 4) is 17.1 Å². The van der Waals surface area contributed by atoms with Gasteiger partial charge in [-0.1, -0.05) is 28.9 Å². The molecule has 33 heavy (non-hydrogen) atoms. The van der Waals surface area contributed by atoms with E-state index in [4.69, 9.17) is 25.6 Å². The molecule has 7 nitrogen and oxygen atoms in total. The van der Waals surface area contributed by atoms with E-state index in [0.29, 0.717) is 55.8 Å². The lowest BCUT2D eigenvalue weighted by molar-refractivity contribution is -0.121. The summed E-state index contributed by atoms with van der Waals surface area (Å²) in [5, 5.41) is 7.87. The smallest absolute Gasteiger partial charge is 0.226 e. The van der Waals surface area contributed by atoms with E-state index < -0.39 is 0 Å². The van der Waals surface area contributed by atoms with E-state index in [1.165, 1.54) is 0 Å². The van der Waals surface area contributed by atoms with Crippen LogP contribution in [0.2, 0.25) is 5.02 Å². The van der Waals surface area contributed by atoms with Crippen LogP contribution in [-0.4, -0.2) is 42.9 Å². The number of hydrogen-bond acceptors (Lipinski definition) is 6. The molecule has 2 aromatic carbocycles. The number of nitrogens with zero attached hydrogens (tertiary/aromatic N) is 2. The average Bonchev–Trinajstić information content (AvgIpc) is 3.32. The van der Waals surface area contributed by atoms with Crippen molar-refractivity contribution >= 4 is 17.5 Å². The third-order valence-corrected chi connectivity index (χ3v) is 6.36. The Bertz CT molecular complexity index is 1060. The summed E-state index contributed by atoms with van der Waals surface area (Å²) < 4.78 is 16.1. The average molecular weight is 470 g/mol. The Morgan fingerprint density at radius 1 is 1.18 bits per heavy atom. The fraction of sp³-hybridized carbons (Fsp3) is 0.400. The van der Waals surface area contributed by atoms with Crippen LogP contribution in [0.15, 0.2) is 53.1 Å². The predicted molar refractivity (Wildman–Crippen MR) is 125 cm³/mol. The van der Waals surface area contributed by atoms with Gasteiger partial charge in [-0.05, 0) is 61.2 Å². The first-order valence-corrected chi connectivity index (χ1v) is 11.5. The van der Waals surface area contributed by atoms with Crippen LogP contribution in [0.1, 0.15) is 37.1 Å². The Morgan fingerprint density at radius 3 is 2.70 bits per heavy atom. The molecular formula is C25H28ClN3O4. The largest absolute Gasteiger partial charge is 0.497 e. The molecule has 1 aliphatic rings. The maximum absolute atomic E-state index is 12.6. The maximum atomic E-state index is 12.6. The fourth-order valence-corrected chi connectivity index (χ4v) is 4.31. The highest BCUT2D eigenvalue weighted by molar-refractivity contribution is 6.30. The van der Waals surface area contributed by atoms with Crippen LogP contribution in [0.4, 0.5) is 0 Å². The molecule has 0 saturated carbocycles. The normalized spacial score (nSPS) is 15.2. The Balaban J connectivity index is 1.28. The van der Waals surface area contributed by atoms with Crippen molar-refractivity contribution in [2.45, 2.75) is 37.5 Å². The Morgan fingerprint density at radius 2 is 1.97 bits per heavy atom. The number of hydrogen-bond donors (Lipinski definition) is 1. The number of carbonyl (C=O) groups excluding carboxylic acids is 1. The van der Waals surface area contributed by atoms with E-state index in [9.17, 15) is 4.79 Å². The highest BCUT2D eigenvalue weighted by Gasteiger charge is 2.35. The van der Waals surface area contributed by atoms with Crippen molar-refractivity contribution in [2.24, 2.45) is 0 Å². The zero-order valence-electron chi connectivity index (χ0n) is 18.7. The number of halogens is 1. The first-order valence-electron chi connectivity index (χ1n) is 11.2. The van der Waals surface area contributed by atoms with E-state index >= 15 is 0 Å². The Labute approximate surface area is 198 Å². The molecule has 1 aliphatic heterocycles. The molecule has 1 N–H and O–H groups in total. The van der Waals surface area contributed by atoms with Crippen LogP contribution >= 0.6 is 11.6 Å². The van der Waals surface area contributed by atoms with Crippen molar-refractivity contribution in [2.75, 3.05) is 26.9 Å². The first-order chi connectivity index (χ1) is 16.1. The minimum absolute atomic E-state index is 0.0118. The lowest BCUT2D eigenvalue weighted by atomic mass is 9.74. The van der Waals surface area contributed by atoms with Crippen molar-refractivity contribution in [3.63, 3.8) is 0 Å². The predicted octanol–water partition coefficient (Wildman–Crippen LogP) is 4.59. The number of carbonyl (C=O) groups is 1. The van der Waals surface area contributed by atoms with Crippen LogP contribution in [0.25, 0.3) is 11.4 Å². The van der Waals surface area contributed by atoms with Crippen molar-refractivity contribution in [3.05, 3.63) is 65.0 Å². The second-order valence-electron chi connectivity index (χ2n) is 8.27. The maximum Gasteiger partial charge on any atom is 0.226 e. The van der Waals surface area contributed by atoms with E-state index in [-0.39, 0.29) is 11.3 Å². The number of nitrogens with one attached hydrogen (secondary N) is 1. The molecule has 0 atom stereocenters. The molecule has 0 bridgehead atoms. The van der Waals surface area contributed by atoms with Gasteiger partial charge in [-0.3, -0.25) is 4.79 Å². The Hall–Kier alpha value is -2.90. The summed E-state index contributed by atoms with van der Waals surface area (Å²) in [6.07, 6.45) is 3.27. The summed E-state index contributed by atoms with van der Waals surface area (Å²) in [4.78, 5) is 17.0. The van der Waals surface area contributed by atoms with Crippen LogP contribution < -0.4 is 10.1 Å². The summed E-state index contributed by atoms with van der Waals surface area (Å²) in [7, 11) is 1.62. The quantitative estimate of drug-likeness (QED) is 0.493. The lowest BCUT2D eigenvalue weighted by Crippen LogP contribution is -2.44. The van der Waals surface area contributed by atoms with Gasteiger partial charge < -0.3 is 19.3 Å². The minimum atomic E-state index is -0.154. The molecule has 1 saturated heterocycles. The number of benzene rings is 2. The number of rotatable bonds is 9. The standard InChI is InChI=1S/C25H28ClN3O4/c1-31-21-10-8-18(9-11-21)24-28-23(33-29-24)7-3-6-22(30)27-17-25(12-14-32-15-13-25)19-4-2-5-20(26)16-19/h2,4-5,8-11,16H,3,6-7,12-15,17H2,1H3,(H,27,30). The van der Waals surface area contributed by atoms with Gasteiger partial charge >= 0.3 is 0 Å². The van der Waals surface area contributed by atoms with Gasteiger partial charge in [0.15, 0.2) is 0 Å². The van der Waals surface area contributed by atoms with E-state index in [1.807, 2.05) is 42.5 Å². The topological polar surface area (TPSA) is 86.5 Å². The first kappa shape index (κ1) is 23.3. The summed E-state index contributed by atoms with van der Waals surface area (Å²) in [5.74, 6) is 1.83. The molecule has 1 amide bonds. The van der Waals surface area contributed by atoms with Crippen LogP contribution in [-0.2, 0) is 21.4 Å². The lowest BCUT2D eigenvalue weighted by Gasteiger charge is -2.38. The molecule has 174 valence electrons.